The first-order valence-electron chi connectivity index (χ1n) is 7.76. The Labute approximate surface area is 155 Å². The lowest BCUT2D eigenvalue weighted by atomic mass is 9.91. The molecule has 0 aliphatic carbocycles. The molecule has 7 heteroatoms. The van der Waals surface area contributed by atoms with E-state index in [1.54, 1.807) is 14.2 Å². The molecule has 3 aromatic rings. The SMILES string of the molecule is Bc1cc(Br)c(O)c2nc(CNc3cc(OC)cc(OC)c3)ccc12. The molecular formula is C18H18BBrN2O3. The zero-order valence-electron chi connectivity index (χ0n) is 14.3. The van der Waals surface area contributed by atoms with Crippen LogP contribution < -0.4 is 20.3 Å². The van der Waals surface area contributed by atoms with Gasteiger partial charge in [-0.15, -0.1) is 0 Å². The van der Waals surface area contributed by atoms with E-state index in [-0.39, 0.29) is 5.75 Å². The summed E-state index contributed by atoms with van der Waals surface area (Å²) in [4.78, 5) is 4.59. The topological polar surface area (TPSA) is 63.6 Å². The number of nitrogens with zero attached hydrogens (tertiary/aromatic N) is 1. The van der Waals surface area contributed by atoms with Crippen molar-refractivity contribution in [2.45, 2.75) is 6.54 Å². The molecule has 0 spiro atoms. The maximum absolute atomic E-state index is 10.3. The summed E-state index contributed by atoms with van der Waals surface area (Å²) in [5, 5.41) is 14.5. The molecule has 5 nitrogen and oxygen atoms in total. The van der Waals surface area contributed by atoms with E-state index in [4.69, 9.17) is 9.47 Å². The van der Waals surface area contributed by atoms with Crippen LogP contribution >= 0.6 is 15.9 Å². The molecule has 1 aromatic heterocycles. The molecule has 1 heterocycles. The van der Waals surface area contributed by atoms with E-state index in [1.165, 1.54) is 0 Å². The molecule has 25 heavy (non-hydrogen) atoms. The summed E-state index contributed by atoms with van der Waals surface area (Å²) < 4.78 is 11.2. The molecule has 0 unspecified atom stereocenters. The molecule has 2 N–H and O–H groups in total. The zero-order valence-corrected chi connectivity index (χ0v) is 15.8. The largest absolute Gasteiger partial charge is 0.505 e. The van der Waals surface area contributed by atoms with Gasteiger partial charge >= 0.3 is 0 Å². The van der Waals surface area contributed by atoms with Gasteiger partial charge in [-0.1, -0.05) is 11.5 Å². The van der Waals surface area contributed by atoms with E-state index < -0.39 is 0 Å². The van der Waals surface area contributed by atoms with Crippen molar-refractivity contribution in [3.8, 4) is 17.2 Å². The van der Waals surface area contributed by atoms with Gasteiger partial charge in [0.05, 0.1) is 30.9 Å². The minimum atomic E-state index is 0.158. The summed E-state index contributed by atoms with van der Waals surface area (Å²) in [7, 11) is 5.23. The van der Waals surface area contributed by atoms with E-state index in [1.807, 2.05) is 44.2 Å². The molecule has 0 aliphatic heterocycles. The number of aromatic nitrogens is 1. The lowest BCUT2D eigenvalue weighted by Gasteiger charge is -2.12. The number of phenols is 1. The lowest BCUT2D eigenvalue weighted by molar-refractivity contribution is 0.394. The van der Waals surface area contributed by atoms with Crippen LogP contribution in [0.25, 0.3) is 10.9 Å². The molecule has 3 rings (SSSR count). The Morgan fingerprint density at radius 3 is 2.44 bits per heavy atom. The third-order valence-corrected chi connectivity index (χ3v) is 4.60. The highest BCUT2D eigenvalue weighted by molar-refractivity contribution is 9.10. The number of halogens is 1. The summed E-state index contributed by atoms with van der Waals surface area (Å²) >= 11 is 3.37. The fourth-order valence-corrected chi connectivity index (χ4v) is 3.18. The number of anilines is 1. The quantitative estimate of drug-likeness (QED) is 0.644. The van der Waals surface area contributed by atoms with Crippen molar-refractivity contribution in [2.24, 2.45) is 0 Å². The van der Waals surface area contributed by atoms with Gasteiger partial charge in [-0.25, -0.2) is 4.98 Å². The molecule has 0 saturated heterocycles. The van der Waals surface area contributed by atoms with Gasteiger partial charge in [0.25, 0.3) is 0 Å². The van der Waals surface area contributed by atoms with Gasteiger partial charge in [0.1, 0.15) is 24.9 Å². The Morgan fingerprint density at radius 2 is 1.80 bits per heavy atom. The summed E-state index contributed by atoms with van der Waals surface area (Å²) in [6.07, 6.45) is 0. The number of benzene rings is 2. The van der Waals surface area contributed by atoms with Gasteiger partial charge in [-0.2, -0.15) is 0 Å². The van der Waals surface area contributed by atoms with Crippen LogP contribution in [0.15, 0.2) is 40.9 Å². The minimum absolute atomic E-state index is 0.158. The molecule has 0 amide bonds. The van der Waals surface area contributed by atoms with Crippen LogP contribution in [0.2, 0.25) is 0 Å². The first kappa shape index (κ1) is 17.4. The van der Waals surface area contributed by atoms with Gasteiger partial charge < -0.3 is 19.9 Å². The maximum Gasteiger partial charge on any atom is 0.155 e. The molecule has 0 aliphatic rings. The van der Waals surface area contributed by atoms with Crippen molar-refractivity contribution < 1.29 is 14.6 Å². The number of hydrogen-bond acceptors (Lipinski definition) is 5. The average molecular weight is 401 g/mol. The smallest absolute Gasteiger partial charge is 0.155 e. The van der Waals surface area contributed by atoms with E-state index in [9.17, 15) is 5.11 Å². The third kappa shape index (κ3) is 3.66. The van der Waals surface area contributed by atoms with Crippen molar-refractivity contribution in [3.05, 3.63) is 46.6 Å². The number of phenolic OH excluding ortho intramolecular Hbond substituents is 1. The second kappa shape index (κ2) is 7.23. The Balaban J connectivity index is 1.88. The number of rotatable bonds is 5. The molecule has 0 bridgehead atoms. The van der Waals surface area contributed by atoms with Crippen LogP contribution in [0.5, 0.6) is 17.2 Å². The first-order chi connectivity index (χ1) is 12.0. The van der Waals surface area contributed by atoms with Crippen LogP contribution in [-0.4, -0.2) is 32.2 Å². The van der Waals surface area contributed by atoms with Crippen molar-refractivity contribution in [3.63, 3.8) is 0 Å². The van der Waals surface area contributed by atoms with Crippen molar-refractivity contribution in [2.75, 3.05) is 19.5 Å². The van der Waals surface area contributed by atoms with Crippen LogP contribution in [0.4, 0.5) is 5.69 Å². The minimum Gasteiger partial charge on any atom is -0.505 e. The third-order valence-electron chi connectivity index (χ3n) is 4.00. The normalized spacial score (nSPS) is 10.7. The van der Waals surface area contributed by atoms with E-state index >= 15 is 0 Å². The van der Waals surface area contributed by atoms with Gasteiger partial charge in [-0.3, -0.25) is 0 Å². The molecular weight excluding hydrogens is 383 g/mol. The lowest BCUT2D eigenvalue weighted by Crippen LogP contribution is -2.07. The summed E-state index contributed by atoms with van der Waals surface area (Å²) in [5.74, 6) is 1.58. The number of pyridine rings is 1. The van der Waals surface area contributed by atoms with Crippen LogP contribution in [0, 0.1) is 0 Å². The van der Waals surface area contributed by atoms with Crippen molar-refractivity contribution in [1.29, 1.82) is 0 Å². The Hall–Kier alpha value is -2.41. The Morgan fingerprint density at radius 1 is 1.12 bits per heavy atom. The average Bonchev–Trinajstić information content (AvgIpc) is 2.64. The molecule has 0 radical (unpaired) electrons. The Bertz CT molecular complexity index is 912. The van der Waals surface area contributed by atoms with Crippen LogP contribution in [0.1, 0.15) is 5.69 Å². The predicted octanol–water partition coefficient (Wildman–Crippen LogP) is 2.59. The fraction of sp³-hybridized carbons (Fsp3) is 0.167. The number of aromatic hydroxyl groups is 1. The molecule has 0 saturated carbocycles. The molecule has 0 atom stereocenters. The highest BCUT2D eigenvalue weighted by Gasteiger charge is 2.10. The van der Waals surface area contributed by atoms with Crippen LogP contribution in [-0.2, 0) is 6.54 Å². The zero-order chi connectivity index (χ0) is 18.0. The monoisotopic (exact) mass is 400 g/mol. The van der Waals surface area contributed by atoms with Crippen molar-refractivity contribution in [1.82, 2.24) is 4.98 Å². The highest BCUT2D eigenvalue weighted by Crippen LogP contribution is 2.30. The second-order valence-corrected chi connectivity index (χ2v) is 6.53. The maximum atomic E-state index is 10.3. The summed E-state index contributed by atoms with van der Waals surface area (Å²) in [6.45, 7) is 0.511. The molecule has 128 valence electrons. The predicted molar refractivity (Wildman–Crippen MR) is 106 cm³/mol. The van der Waals surface area contributed by atoms with E-state index in [0.717, 1.165) is 22.2 Å². The number of hydrogen-bond donors (Lipinski definition) is 2. The fourth-order valence-electron chi connectivity index (χ4n) is 2.65. The van der Waals surface area contributed by atoms with E-state index in [0.29, 0.717) is 28.0 Å². The second-order valence-electron chi connectivity index (χ2n) is 5.68. The summed E-state index contributed by atoms with van der Waals surface area (Å²) in [5.41, 5.74) is 3.34. The number of methoxy groups -OCH3 is 2. The standard InChI is InChI=1S/C18H18BBrN2O3/c1-24-12-5-11(6-13(7-12)25-2)21-9-10-3-4-14-15(19)8-16(20)18(23)17(14)22-10/h3-8,21,23H,9,19H2,1-2H3. The number of nitrogens with one attached hydrogen (secondary N) is 1. The highest BCUT2D eigenvalue weighted by atomic mass is 79.9. The molecule has 0 fully saturated rings. The molecule has 2 aromatic carbocycles. The van der Waals surface area contributed by atoms with Crippen LogP contribution in [0.3, 0.4) is 0 Å². The van der Waals surface area contributed by atoms with Gasteiger partial charge in [-0.05, 0) is 33.4 Å². The van der Waals surface area contributed by atoms with Gasteiger partial charge in [0.15, 0.2) is 5.75 Å². The summed E-state index contributed by atoms with van der Waals surface area (Å²) in [6, 6.07) is 11.4. The number of ether oxygens (including phenoxy) is 2. The number of fused-ring (bicyclic) bond motifs is 1. The van der Waals surface area contributed by atoms with Crippen molar-refractivity contribution >= 4 is 45.8 Å². The first-order valence-corrected chi connectivity index (χ1v) is 8.55. The van der Waals surface area contributed by atoms with Gasteiger partial charge in [0, 0.05) is 23.9 Å². The van der Waals surface area contributed by atoms with E-state index in [2.05, 4.69) is 26.2 Å². The van der Waals surface area contributed by atoms with Gasteiger partial charge in [0.2, 0.25) is 0 Å². The Kier molecular flexibility index (Phi) is 5.04.